The fourth-order valence-corrected chi connectivity index (χ4v) is 4.84. The van der Waals surface area contributed by atoms with Gasteiger partial charge >= 0.3 is 0 Å². The summed E-state index contributed by atoms with van der Waals surface area (Å²) in [6, 6.07) is 8.32. The number of nitrogens with zero attached hydrogens (tertiary/aromatic N) is 3. The predicted octanol–water partition coefficient (Wildman–Crippen LogP) is 2.92. The topological polar surface area (TPSA) is 73.5 Å². The Morgan fingerprint density at radius 1 is 1.19 bits per heavy atom. The highest BCUT2D eigenvalue weighted by molar-refractivity contribution is 5.98. The van der Waals surface area contributed by atoms with Crippen molar-refractivity contribution in [1.82, 2.24) is 14.9 Å². The summed E-state index contributed by atoms with van der Waals surface area (Å²) in [6.07, 6.45) is 3.65. The van der Waals surface area contributed by atoms with Gasteiger partial charge in [-0.3, -0.25) is 9.69 Å². The van der Waals surface area contributed by atoms with Crippen molar-refractivity contribution in [2.75, 3.05) is 50.1 Å². The molecule has 0 saturated carbocycles. The highest BCUT2D eigenvalue weighted by Crippen LogP contribution is 2.35. The standard InChI is InChI=1S/C24H29N5O2/c1-16-5-3-8-26-23(16)29-11-9-28(10-12-29)15-17-13-19-21(20(14-17)31-2)22-18(24(30)27-19)6-4-7-25-22/h3,5,8,13-14,25H,4,6-7,9-12,15H2,1-2H3,(H,27,30). The van der Waals surface area contributed by atoms with Crippen LogP contribution in [0.25, 0.3) is 10.9 Å². The smallest absolute Gasteiger partial charge is 0.253 e. The maximum absolute atomic E-state index is 12.6. The molecular formula is C24H29N5O2. The van der Waals surface area contributed by atoms with E-state index in [0.29, 0.717) is 0 Å². The van der Waals surface area contributed by atoms with Crippen LogP contribution in [0.15, 0.2) is 35.3 Å². The van der Waals surface area contributed by atoms with Crippen LogP contribution in [-0.2, 0) is 13.0 Å². The van der Waals surface area contributed by atoms with Crippen LogP contribution in [0, 0.1) is 6.92 Å². The van der Waals surface area contributed by atoms with Gasteiger partial charge in [-0.15, -0.1) is 0 Å². The molecule has 0 aliphatic carbocycles. The number of pyridine rings is 2. The van der Waals surface area contributed by atoms with Gasteiger partial charge in [0.2, 0.25) is 0 Å². The van der Waals surface area contributed by atoms with E-state index in [2.05, 4.69) is 50.2 Å². The molecule has 1 fully saturated rings. The van der Waals surface area contributed by atoms with Crippen molar-refractivity contribution >= 4 is 22.4 Å². The number of nitrogens with one attached hydrogen (secondary N) is 2. The number of fused-ring (bicyclic) bond motifs is 3. The summed E-state index contributed by atoms with van der Waals surface area (Å²) < 4.78 is 5.75. The third-order valence-corrected chi connectivity index (χ3v) is 6.42. The lowest BCUT2D eigenvalue weighted by Gasteiger charge is -2.36. The molecule has 31 heavy (non-hydrogen) atoms. The minimum atomic E-state index is 0.00764. The van der Waals surface area contributed by atoms with Crippen LogP contribution < -0.4 is 20.5 Å². The number of methoxy groups -OCH3 is 1. The molecule has 0 radical (unpaired) electrons. The van der Waals surface area contributed by atoms with E-state index in [0.717, 1.165) is 91.4 Å². The summed E-state index contributed by atoms with van der Waals surface area (Å²) in [7, 11) is 1.70. The average molecular weight is 420 g/mol. The van der Waals surface area contributed by atoms with E-state index in [1.54, 1.807) is 7.11 Å². The number of hydrogen-bond donors (Lipinski definition) is 2. The normalized spacial score (nSPS) is 16.8. The molecule has 0 spiro atoms. The van der Waals surface area contributed by atoms with Crippen LogP contribution in [0.5, 0.6) is 5.75 Å². The van der Waals surface area contributed by atoms with Crippen LogP contribution in [0.3, 0.4) is 0 Å². The lowest BCUT2D eigenvalue weighted by atomic mass is 9.99. The maximum atomic E-state index is 12.6. The van der Waals surface area contributed by atoms with Gasteiger partial charge in [0.25, 0.3) is 5.56 Å². The van der Waals surface area contributed by atoms with Crippen LogP contribution in [0.1, 0.15) is 23.1 Å². The zero-order valence-electron chi connectivity index (χ0n) is 18.2. The van der Waals surface area contributed by atoms with Gasteiger partial charge in [0.15, 0.2) is 0 Å². The predicted molar refractivity (Wildman–Crippen MR) is 124 cm³/mol. The Labute approximate surface area is 182 Å². The number of piperazine rings is 1. The molecule has 0 amide bonds. The molecule has 3 aromatic rings. The number of anilines is 2. The molecule has 0 bridgehead atoms. The zero-order chi connectivity index (χ0) is 21.4. The highest BCUT2D eigenvalue weighted by atomic mass is 16.5. The number of rotatable bonds is 4. The molecule has 7 heteroatoms. The number of aryl methyl sites for hydroxylation is 1. The maximum Gasteiger partial charge on any atom is 0.253 e. The van der Waals surface area contributed by atoms with Crippen LogP contribution >= 0.6 is 0 Å². The number of hydrogen-bond acceptors (Lipinski definition) is 6. The quantitative estimate of drug-likeness (QED) is 0.678. The number of H-pyrrole nitrogens is 1. The van der Waals surface area contributed by atoms with Crippen molar-refractivity contribution in [1.29, 1.82) is 0 Å². The first-order chi connectivity index (χ1) is 15.1. The van der Waals surface area contributed by atoms with Gasteiger partial charge in [0.1, 0.15) is 11.6 Å². The minimum Gasteiger partial charge on any atom is -0.496 e. The Morgan fingerprint density at radius 3 is 2.81 bits per heavy atom. The second kappa shape index (κ2) is 8.23. The van der Waals surface area contributed by atoms with Crippen LogP contribution in [0.4, 0.5) is 11.5 Å². The van der Waals surface area contributed by atoms with E-state index >= 15 is 0 Å². The Morgan fingerprint density at radius 2 is 2.03 bits per heavy atom. The van der Waals surface area contributed by atoms with Crippen LogP contribution in [-0.4, -0.2) is 54.7 Å². The SMILES string of the molecule is COc1cc(CN2CCN(c3ncccc3C)CC2)cc2[nH]c(=O)c3c(c12)NCCC3. The molecule has 7 nitrogen and oxygen atoms in total. The molecule has 2 aliphatic heterocycles. The molecule has 2 aliphatic rings. The Balaban J connectivity index is 1.38. The van der Waals surface area contributed by atoms with Crippen LogP contribution in [0.2, 0.25) is 0 Å². The molecule has 1 aromatic carbocycles. The first kappa shape index (κ1) is 19.9. The van der Waals surface area contributed by atoms with E-state index in [4.69, 9.17) is 4.74 Å². The lowest BCUT2D eigenvalue weighted by Crippen LogP contribution is -2.46. The van der Waals surface area contributed by atoms with Gasteiger partial charge in [-0.1, -0.05) is 6.07 Å². The van der Waals surface area contributed by atoms with E-state index in [1.165, 1.54) is 5.56 Å². The molecule has 0 atom stereocenters. The monoisotopic (exact) mass is 419 g/mol. The Kier molecular flexibility index (Phi) is 5.28. The van der Waals surface area contributed by atoms with E-state index < -0.39 is 0 Å². The van der Waals surface area contributed by atoms with Gasteiger partial charge in [0, 0.05) is 51.0 Å². The molecule has 5 rings (SSSR count). The second-order valence-corrected chi connectivity index (χ2v) is 8.47. The third kappa shape index (κ3) is 3.74. The number of aromatic nitrogens is 2. The largest absolute Gasteiger partial charge is 0.496 e. The zero-order valence-corrected chi connectivity index (χ0v) is 18.2. The second-order valence-electron chi connectivity index (χ2n) is 8.47. The molecule has 0 unspecified atom stereocenters. The van der Waals surface area contributed by atoms with E-state index in [9.17, 15) is 4.79 Å². The minimum absolute atomic E-state index is 0.00764. The van der Waals surface area contributed by atoms with Crippen molar-refractivity contribution in [3.05, 3.63) is 57.5 Å². The van der Waals surface area contributed by atoms with Gasteiger partial charge < -0.3 is 19.9 Å². The number of benzene rings is 1. The van der Waals surface area contributed by atoms with Gasteiger partial charge in [-0.2, -0.15) is 0 Å². The molecule has 4 heterocycles. The molecule has 1 saturated heterocycles. The van der Waals surface area contributed by atoms with Crippen molar-refractivity contribution in [3.8, 4) is 5.75 Å². The summed E-state index contributed by atoms with van der Waals surface area (Å²) in [5.74, 6) is 1.90. The summed E-state index contributed by atoms with van der Waals surface area (Å²) in [5.41, 5.74) is 5.00. The van der Waals surface area contributed by atoms with Gasteiger partial charge in [-0.25, -0.2) is 4.98 Å². The molecular weight excluding hydrogens is 390 g/mol. The number of aromatic amines is 1. The lowest BCUT2D eigenvalue weighted by molar-refractivity contribution is 0.249. The first-order valence-corrected chi connectivity index (χ1v) is 11.0. The van der Waals surface area contributed by atoms with Crippen molar-refractivity contribution in [3.63, 3.8) is 0 Å². The Bertz CT molecular complexity index is 1160. The molecule has 2 N–H and O–H groups in total. The van der Waals surface area contributed by atoms with Gasteiger partial charge in [0.05, 0.1) is 23.7 Å². The first-order valence-electron chi connectivity index (χ1n) is 11.0. The van der Waals surface area contributed by atoms with E-state index in [-0.39, 0.29) is 5.56 Å². The summed E-state index contributed by atoms with van der Waals surface area (Å²) >= 11 is 0. The Hall–Kier alpha value is -3.06. The van der Waals surface area contributed by atoms with Gasteiger partial charge in [-0.05, 0) is 49.1 Å². The van der Waals surface area contributed by atoms with E-state index in [1.807, 2.05) is 12.3 Å². The third-order valence-electron chi connectivity index (χ3n) is 6.42. The van der Waals surface area contributed by atoms with Crippen molar-refractivity contribution in [2.24, 2.45) is 0 Å². The summed E-state index contributed by atoms with van der Waals surface area (Å²) in [4.78, 5) is 25.1. The van der Waals surface area contributed by atoms with Crippen molar-refractivity contribution in [2.45, 2.75) is 26.3 Å². The number of ether oxygens (including phenoxy) is 1. The molecule has 162 valence electrons. The summed E-state index contributed by atoms with van der Waals surface area (Å²) in [6.45, 7) is 7.68. The fourth-order valence-electron chi connectivity index (χ4n) is 4.84. The highest BCUT2D eigenvalue weighted by Gasteiger charge is 2.22. The van der Waals surface area contributed by atoms with Crippen molar-refractivity contribution < 1.29 is 4.74 Å². The molecule has 2 aromatic heterocycles. The average Bonchev–Trinajstić information content (AvgIpc) is 2.79. The fraction of sp³-hybridized carbons (Fsp3) is 0.417. The summed E-state index contributed by atoms with van der Waals surface area (Å²) in [5, 5.41) is 4.41.